The molecule has 1 aromatic carbocycles. The topological polar surface area (TPSA) is 71.7 Å². The summed E-state index contributed by atoms with van der Waals surface area (Å²) in [5.41, 5.74) is -0.724. The highest BCUT2D eigenvalue weighted by Gasteiger charge is 2.26. The summed E-state index contributed by atoms with van der Waals surface area (Å²) in [4.78, 5) is 11.0. The summed E-state index contributed by atoms with van der Waals surface area (Å²) in [5, 5.41) is 12.2. The van der Waals surface area contributed by atoms with Crippen LogP contribution in [0.1, 0.15) is 26.0 Å². The van der Waals surface area contributed by atoms with Gasteiger partial charge in [0.1, 0.15) is 11.5 Å². The third-order valence-electron chi connectivity index (χ3n) is 3.40. The van der Waals surface area contributed by atoms with E-state index in [-0.39, 0.29) is 0 Å². The normalized spacial score (nSPS) is 11.4. The number of carboxylic acids is 1. The fourth-order valence-electron chi connectivity index (χ4n) is 1.83. The molecular formula is C17H21NO4. The Kier molecular flexibility index (Phi) is 5.22. The molecule has 2 rings (SSSR count). The van der Waals surface area contributed by atoms with E-state index < -0.39 is 11.4 Å². The maximum atomic E-state index is 11.0. The summed E-state index contributed by atoms with van der Waals surface area (Å²) < 4.78 is 11.1. The molecule has 0 aliphatic rings. The molecule has 1 heterocycles. The molecule has 2 N–H and O–H groups in total. The number of rotatable bonds is 8. The van der Waals surface area contributed by atoms with Gasteiger partial charge in [0.25, 0.3) is 5.95 Å². The molecule has 0 fully saturated rings. The molecule has 2 aromatic rings. The summed E-state index contributed by atoms with van der Waals surface area (Å²) in [6.07, 6.45) is 0.552. The van der Waals surface area contributed by atoms with Crippen LogP contribution >= 0.6 is 0 Å². The number of furan rings is 1. The van der Waals surface area contributed by atoms with Gasteiger partial charge < -0.3 is 19.6 Å². The number of benzene rings is 1. The van der Waals surface area contributed by atoms with Gasteiger partial charge >= 0.3 is 5.97 Å². The van der Waals surface area contributed by atoms with Crippen molar-refractivity contribution in [1.82, 2.24) is 5.32 Å². The van der Waals surface area contributed by atoms with E-state index in [1.54, 1.807) is 19.9 Å². The van der Waals surface area contributed by atoms with E-state index in [0.717, 1.165) is 11.5 Å². The third-order valence-corrected chi connectivity index (χ3v) is 3.40. The number of hydrogen-bond acceptors (Lipinski definition) is 4. The smallest absolute Gasteiger partial charge is 0.309 e. The van der Waals surface area contributed by atoms with Crippen LogP contribution in [-0.4, -0.2) is 17.6 Å². The van der Waals surface area contributed by atoms with Crippen LogP contribution in [0.25, 0.3) is 0 Å². The van der Waals surface area contributed by atoms with Crippen LogP contribution in [-0.2, 0) is 11.3 Å². The lowest BCUT2D eigenvalue weighted by Gasteiger charge is -2.18. The molecule has 22 heavy (non-hydrogen) atoms. The standard InChI is InChI=1S/C17H21NO4/c1-17(2,16(19)20)10-11-18-12-14-8-9-15(22-14)21-13-6-4-3-5-7-13/h3-9,18H,10-12H2,1-2H3,(H,19,20). The molecule has 0 spiro atoms. The van der Waals surface area contributed by atoms with E-state index >= 15 is 0 Å². The van der Waals surface area contributed by atoms with Crippen LogP contribution in [0.5, 0.6) is 11.7 Å². The fraction of sp³-hybridized carbons (Fsp3) is 0.353. The first-order valence-corrected chi connectivity index (χ1v) is 7.23. The number of nitrogens with one attached hydrogen (secondary N) is 1. The van der Waals surface area contributed by atoms with Crippen LogP contribution in [0.15, 0.2) is 46.9 Å². The number of carbonyl (C=O) groups is 1. The summed E-state index contributed by atoms with van der Waals surface area (Å²) in [7, 11) is 0. The lowest BCUT2D eigenvalue weighted by atomic mass is 9.90. The lowest BCUT2D eigenvalue weighted by molar-refractivity contribution is -0.147. The molecule has 0 atom stereocenters. The molecule has 118 valence electrons. The number of ether oxygens (including phenoxy) is 1. The Morgan fingerprint density at radius 3 is 2.64 bits per heavy atom. The van der Waals surface area contributed by atoms with Gasteiger partial charge in [0.05, 0.1) is 12.0 Å². The molecule has 1 aromatic heterocycles. The number of para-hydroxylation sites is 1. The molecule has 0 bridgehead atoms. The Labute approximate surface area is 129 Å². The highest BCUT2D eigenvalue weighted by molar-refractivity contribution is 5.73. The van der Waals surface area contributed by atoms with Crippen LogP contribution in [0.2, 0.25) is 0 Å². The van der Waals surface area contributed by atoms with Crippen molar-refractivity contribution in [3.63, 3.8) is 0 Å². The predicted molar refractivity (Wildman–Crippen MR) is 83.0 cm³/mol. The van der Waals surface area contributed by atoms with Gasteiger partial charge in [0.2, 0.25) is 0 Å². The minimum Gasteiger partial charge on any atom is -0.481 e. The average Bonchev–Trinajstić information content (AvgIpc) is 2.92. The lowest BCUT2D eigenvalue weighted by Crippen LogP contribution is -2.28. The Balaban J connectivity index is 1.77. The van der Waals surface area contributed by atoms with Crippen LogP contribution in [0.3, 0.4) is 0 Å². The first-order valence-electron chi connectivity index (χ1n) is 7.23. The first kappa shape index (κ1) is 16.1. The van der Waals surface area contributed by atoms with Crippen molar-refractivity contribution in [2.75, 3.05) is 6.54 Å². The number of aliphatic carboxylic acids is 1. The Morgan fingerprint density at radius 1 is 1.23 bits per heavy atom. The molecule has 0 saturated carbocycles. The SMILES string of the molecule is CC(C)(CCNCc1ccc(Oc2ccccc2)o1)C(=O)O. The van der Waals surface area contributed by atoms with Gasteiger partial charge in [0, 0.05) is 6.07 Å². The van der Waals surface area contributed by atoms with Gasteiger partial charge in [-0.2, -0.15) is 0 Å². The highest BCUT2D eigenvalue weighted by atomic mass is 16.6. The van der Waals surface area contributed by atoms with Crippen molar-refractivity contribution in [2.24, 2.45) is 5.41 Å². The third kappa shape index (κ3) is 4.63. The van der Waals surface area contributed by atoms with E-state index in [4.69, 9.17) is 14.3 Å². The second kappa shape index (κ2) is 7.13. The largest absolute Gasteiger partial charge is 0.481 e. The molecule has 0 aliphatic carbocycles. The van der Waals surface area contributed by atoms with Crippen molar-refractivity contribution in [3.05, 3.63) is 48.2 Å². The summed E-state index contributed by atoms with van der Waals surface area (Å²) in [5.74, 6) is 1.12. The maximum absolute atomic E-state index is 11.0. The minimum atomic E-state index is -0.786. The molecule has 0 radical (unpaired) electrons. The number of carboxylic acid groups (broad SMARTS) is 1. The second-order valence-electron chi connectivity index (χ2n) is 5.75. The monoisotopic (exact) mass is 303 g/mol. The van der Waals surface area contributed by atoms with Crippen molar-refractivity contribution in [2.45, 2.75) is 26.8 Å². The van der Waals surface area contributed by atoms with Gasteiger partial charge in [0.15, 0.2) is 0 Å². The van der Waals surface area contributed by atoms with E-state index in [1.807, 2.05) is 36.4 Å². The Morgan fingerprint density at radius 2 is 1.95 bits per heavy atom. The maximum Gasteiger partial charge on any atom is 0.309 e. The number of hydrogen-bond donors (Lipinski definition) is 2. The van der Waals surface area contributed by atoms with Crippen molar-refractivity contribution >= 4 is 5.97 Å². The van der Waals surface area contributed by atoms with E-state index in [9.17, 15) is 4.79 Å². The van der Waals surface area contributed by atoms with Crippen molar-refractivity contribution in [1.29, 1.82) is 0 Å². The summed E-state index contributed by atoms with van der Waals surface area (Å²) >= 11 is 0. The van der Waals surface area contributed by atoms with Crippen molar-refractivity contribution in [3.8, 4) is 11.7 Å². The van der Waals surface area contributed by atoms with Crippen LogP contribution in [0, 0.1) is 5.41 Å². The molecular weight excluding hydrogens is 282 g/mol. The van der Waals surface area contributed by atoms with Crippen LogP contribution in [0.4, 0.5) is 0 Å². The van der Waals surface area contributed by atoms with Crippen molar-refractivity contribution < 1.29 is 19.1 Å². The molecule has 0 unspecified atom stereocenters. The highest BCUT2D eigenvalue weighted by Crippen LogP contribution is 2.23. The Hall–Kier alpha value is -2.27. The predicted octanol–water partition coefficient (Wildman–Crippen LogP) is 3.66. The van der Waals surface area contributed by atoms with E-state index in [0.29, 0.717) is 25.5 Å². The summed E-state index contributed by atoms with van der Waals surface area (Å²) in [6.45, 7) is 4.58. The van der Waals surface area contributed by atoms with E-state index in [2.05, 4.69) is 5.32 Å². The van der Waals surface area contributed by atoms with Gasteiger partial charge in [-0.25, -0.2) is 0 Å². The Bertz CT molecular complexity index is 604. The van der Waals surface area contributed by atoms with Gasteiger partial charge in [-0.3, -0.25) is 4.79 Å². The van der Waals surface area contributed by atoms with Crippen LogP contribution < -0.4 is 10.1 Å². The van der Waals surface area contributed by atoms with E-state index in [1.165, 1.54) is 0 Å². The molecule has 5 heteroatoms. The first-order chi connectivity index (χ1) is 10.5. The fourth-order valence-corrected chi connectivity index (χ4v) is 1.83. The second-order valence-corrected chi connectivity index (χ2v) is 5.75. The summed E-state index contributed by atoms with van der Waals surface area (Å²) in [6, 6.07) is 13.0. The average molecular weight is 303 g/mol. The molecule has 0 amide bonds. The zero-order chi connectivity index (χ0) is 16.0. The van der Waals surface area contributed by atoms with Gasteiger partial charge in [-0.1, -0.05) is 18.2 Å². The zero-order valence-corrected chi connectivity index (χ0v) is 12.8. The molecule has 0 aliphatic heterocycles. The van der Waals surface area contributed by atoms with Gasteiger partial charge in [-0.15, -0.1) is 0 Å². The molecule has 5 nitrogen and oxygen atoms in total. The molecule has 0 saturated heterocycles. The minimum absolute atomic E-state index is 0.439. The zero-order valence-electron chi connectivity index (χ0n) is 12.8. The quantitative estimate of drug-likeness (QED) is 0.728. The van der Waals surface area contributed by atoms with Gasteiger partial charge in [-0.05, 0) is 45.0 Å².